The van der Waals surface area contributed by atoms with E-state index in [1.165, 1.54) is 0 Å². The Bertz CT molecular complexity index is 332. The Hall–Kier alpha value is -1.35. The summed E-state index contributed by atoms with van der Waals surface area (Å²) in [7, 11) is 1.61. The minimum atomic E-state index is 0.0643. The van der Waals surface area contributed by atoms with Gasteiger partial charge in [-0.2, -0.15) is 0 Å². The van der Waals surface area contributed by atoms with Crippen LogP contribution in [0.3, 0.4) is 0 Å². The summed E-state index contributed by atoms with van der Waals surface area (Å²) in [6.07, 6.45) is 3.91. The lowest BCUT2D eigenvalue weighted by atomic mass is 10.2. The van der Waals surface area contributed by atoms with Gasteiger partial charge in [-0.1, -0.05) is 12.2 Å². The Labute approximate surface area is 84.6 Å². The molecule has 0 aliphatic carbocycles. The van der Waals surface area contributed by atoms with Crippen LogP contribution >= 0.6 is 0 Å². The standard InChI is InChI=1S/C11H16N2O/c1-8(12)4-5-10-6-9(2)13-11(7-10)14-3/h4-8H,12H2,1-3H3/b5-4+. The summed E-state index contributed by atoms with van der Waals surface area (Å²) < 4.78 is 5.07. The zero-order valence-corrected chi connectivity index (χ0v) is 8.82. The predicted molar refractivity (Wildman–Crippen MR) is 58.2 cm³/mol. The molecule has 2 N–H and O–H groups in total. The summed E-state index contributed by atoms with van der Waals surface area (Å²) in [5, 5.41) is 0. The summed E-state index contributed by atoms with van der Waals surface area (Å²) in [6, 6.07) is 3.93. The van der Waals surface area contributed by atoms with Gasteiger partial charge in [0.15, 0.2) is 0 Å². The molecule has 0 aliphatic heterocycles. The van der Waals surface area contributed by atoms with Crippen molar-refractivity contribution in [1.29, 1.82) is 0 Å². The SMILES string of the molecule is COc1cc(/C=C/C(C)N)cc(C)n1. The van der Waals surface area contributed by atoms with Crippen molar-refractivity contribution in [2.45, 2.75) is 19.9 Å². The Morgan fingerprint density at radius 3 is 2.79 bits per heavy atom. The fourth-order valence-electron chi connectivity index (χ4n) is 1.13. The molecular formula is C11H16N2O. The van der Waals surface area contributed by atoms with Crippen molar-refractivity contribution < 1.29 is 4.74 Å². The van der Waals surface area contributed by atoms with Gasteiger partial charge in [-0.05, 0) is 25.5 Å². The maximum Gasteiger partial charge on any atom is 0.213 e. The molecule has 0 spiro atoms. The van der Waals surface area contributed by atoms with E-state index in [0.717, 1.165) is 11.3 Å². The van der Waals surface area contributed by atoms with Gasteiger partial charge in [0.25, 0.3) is 0 Å². The fourth-order valence-corrected chi connectivity index (χ4v) is 1.13. The van der Waals surface area contributed by atoms with E-state index in [0.29, 0.717) is 5.88 Å². The average Bonchev–Trinajstić information content (AvgIpc) is 2.14. The van der Waals surface area contributed by atoms with Crippen LogP contribution in [-0.4, -0.2) is 18.1 Å². The quantitative estimate of drug-likeness (QED) is 0.793. The number of nitrogens with two attached hydrogens (primary N) is 1. The fraction of sp³-hybridized carbons (Fsp3) is 0.364. The van der Waals surface area contributed by atoms with Gasteiger partial charge in [-0.25, -0.2) is 4.98 Å². The smallest absolute Gasteiger partial charge is 0.213 e. The van der Waals surface area contributed by atoms with Gasteiger partial charge in [0.05, 0.1) is 7.11 Å². The summed E-state index contributed by atoms with van der Waals surface area (Å²) in [4.78, 5) is 4.19. The van der Waals surface area contributed by atoms with E-state index in [2.05, 4.69) is 4.98 Å². The van der Waals surface area contributed by atoms with Crippen molar-refractivity contribution in [2.75, 3.05) is 7.11 Å². The third kappa shape index (κ3) is 3.18. The van der Waals surface area contributed by atoms with E-state index in [9.17, 15) is 0 Å². The average molecular weight is 192 g/mol. The van der Waals surface area contributed by atoms with E-state index in [1.54, 1.807) is 7.11 Å². The second-order valence-electron chi connectivity index (χ2n) is 3.30. The van der Waals surface area contributed by atoms with Crippen LogP contribution in [0.1, 0.15) is 18.2 Å². The number of methoxy groups -OCH3 is 1. The molecule has 0 bridgehead atoms. The molecule has 0 saturated carbocycles. The first kappa shape index (κ1) is 10.7. The molecule has 3 heteroatoms. The molecule has 0 aromatic carbocycles. The van der Waals surface area contributed by atoms with Gasteiger partial charge in [0, 0.05) is 17.8 Å². The van der Waals surface area contributed by atoms with Crippen molar-refractivity contribution in [3.63, 3.8) is 0 Å². The first-order chi connectivity index (χ1) is 6.61. The van der Waals surface area contributed by atoms with Crippen molar-refractivity contribution in [3.05, 3.63) is 29.5 Å². The van der Waals surface area contributed by atoms with Crippen LogP contribution in [0.2, 0.25) is 0 Å². The molecule has 1 unspecified atom stereocenters. The molecule has 76 valence electrons. The highest BCUT2D eigenvalue weighted by Crippen LogP contribution is 2.13. The summed E-state index contributed by atoms with van der Waals surface area (Å²) >= 11 is 0. The molecule has 0 amide bonds. The van der Waals surface area contributed by atoms with Crippen LogP contribution < -0.4 is 10.5 Å². The number of aryl methyl sites for hydroxylation is 1. The third-order valence-electron chi connectivity index (χ3n) is 1.75. The van der Waals surface area contributed by atoms with Gasteiger partial charge < -0.3 is 10.5 Å². The Balaban J connectivity index is 2.92. The number of hydrogen-bond acceptors (Lipinski definition) is 3. The van der Waals surface area contributed by atoms with E-state index in [4.69, 9.17) is 10.5 Å². The largest absolute Gasteiger partial charge is 0.481 e. The monoisotopic (exact) mass is 192 g/mol. The molecule has 1 rings (SSSR count). The minimum absolute atomic E-state index is 0.0643. The summed E-state index contributed by atoms with van der Waals surface area (Å²) in [6.45, 7) is 3.87. The number of hydrogen-bond donors (Lipinski definition) is 1. The van der Waals surface area contributed by atoms with Crippen LogP contribution in [0, 0.1) is 6.92 Å². The first-order valence-electron chi connectivity index (χ1n) is 4.58. The molecule has 1 atom stereocenters. The highest BCUT2D eigenvalue weighted by molar-refractivity contribution is 5.51. The number of aromatic nitrogens is 1. The van der Waals surface area contributed by atoms with Gasteiger partial charge in [0.2, 0.25) is 5.88 Å². The minimum Gasteiger partial charge on any atom is -0.481 e. The topological polar surface area (TPSA) is 48.1 Å². The number of rotatable bonds is 3. The molecule has 0 radical (unpaired) electrons. The van der Waals surface area contributed by atoms with Crippen LogP contribution in [0.5, 0.6) is 5.88 Å². The Kier molecular flexibility index (Phi) is 3.65. The molecule has 14 heavy (non-hydrogen) atoms. The number of nitrogens with zero attached hydrogens (tertiary/aromatic N) is 1. The van der Waals surface area contributed by atoms with Crippen LogP contribution in [0.15, 0.2) is 18.2 Å². The molecule has 3 nitrogen and oxygen atoms in total. The third-order valence-corrected chi connectivity index (χ3v) is 1.75. The lowest BCUT2D eigenvalue weighted by molar-refractivity contribution is 0.397. The second-order valence-corrected chi connectivity index (χ2v) is 3.30. The van der Waals surface area contributed by atoms with Crippen LogP contribution in [0.4, 0.5) is 0 Å². The Morgan fingerprint density at radius 2 is 2.21 bits per heavy atom. The van der Waals surface area contributed by atoms with Gasteiger partial charge in [-0.15, -0.1) is 0 Å². The van der Waals surface area contributed by atoms with Gasteiger partial charge in [0.1, 0.15) is 0 Å². The molecule has 1 heterocycles. The van der Waals surface area contributed by atoms with E-state index >= 15 is 0 Å². The Morgan fingerprint density at radius 1 is 1.50 bits per heavy atom. The van der Waals surface area contributed by atoms with Crippen molar-refractivity contribution in [3.8, 4) is 5.88 Å². The summed E-state index contributed by atoms with van der Waals surface area (Å²) in [5.74, 6) is 0.634. The van der Waals surface area contributed by atoms with Crippen molar-refractivity contribution in [1.82, 2.24) is 4.98 Å². The van der Waals surface area contributed by atoms with E-state index in [-0.39, 0.29) is 6.04 Å². The maximum absolute atomic E-state index is 5.62. The van der Waals surface area contributed by atoms with E-state index in [1.807, 2.05) is 38.1 Å². The van der Waals surface area contributed by atoms with Crippen LogP contribution in [0.25, 0.3) is 6.08 Å². The highest BCUT2D eigenvalue weighted by Gasteiger charge is 1.97. The molecule has 0 saturated heterocycles. The van der Waals surface area contributed by atoms with Crippen molar-refractivity contribution in [2.24, 2.45) is 5.73 Å². The molecular weight excluding hydrogens is 176 g/mol. The molecule has 0 fully saturated rings. The molecule has 0 aliphatic rings. The maximum atomic E-state index is 5.62. The molecule has 1 aromatic heterocycles. The lowest BCUT2D eigenvalue weighted by Gasteiger charge is -2.02. The zero-order chi connectivity index (χ0) is 10.6. The second kappa shape index (κ2) is 4.77. The first-order valence-corrected chi connectivity index (χ1v) is 4.58. The van der Waals surface area contributed by atoms with Crippen LogP contribution in [-0.2, 0) is 0 Å². The lowest BCUT2D eigenvalue weighted by Crippen LogP contribution is -2.09. The number of pyridine rings is 1. The van der Waals surface area contributed by atoms with E-state index < -0.39 is 0 Å². The molecule has 1 aromatic rings. The summed E-state index contributed by atoms with van der Waals surface area (Å²) in [5.41, 5.74) is 7.62. The van der Waals surface area contributed by atoms with Gasteiger partial charge >= 0.3 is 0 Å². The normalized spacial score (nSPS) is 13.1. The van der Waals surface area contributed by atoms with Gasteiger partial charge in [-0.3, -0.25) is 0 Å². The predicted octanol–water partition coefficient (Wildman–Crippen LogP) is 1.76. The zero-order valence-electron chi connectivity index (χ0n) is 8.82. The highest BCUT2D eigenvalue weighted by atomic mass is 16.5. The number of ether oxygens (including phenoxy) is 1. The van der Waals surface area contributed by atoms with Crippen molar-refractivity contribution >= 4 is 6.08 Å².